The zero-order valence-corrected chi connectivity index (χ0v) is 11.3. The van der Waals surface area contributed by atoms with Crippen LogP contribution in [-0.2, 0) is 13.5 Å². The van der Waals surface area contributed by atoms with E-state index in [1.54, 1.807) is 14.2 Å². The van der Waals surface area contributed by atoms with Crippen LogP contribution in [0.15, 0.2) is 12.1 Å². The van der Waals surface area contributed by atoms with E-state index in [1.165, 1.54) is 0 Å². The van der Waals surface area contributed by atoms with Crippen LogP contribution < -0.4 is 9.47 Å². The fourth-order valence-electron chi connectivity index (χ4n) is 2.39. The molecular weight excluding hydrogens is 230 g/mol. The van der Waals surface area contributed by atoms with Crippen LogP contribution in [0.3, 0.4) is 0 Å². The van der Waals surface area contributed by atoms with Crippen molar-refractivity contribution in [3.8, 4) is 11.5 Å². The second-order valence-corrected chi connectivity index (χ2v) is 4.32. The molecule has 0 aliphatic carbocycles. The Morgan fingerprint density at radius 2 is 1.78 bits per heavy atom. The van der Waals surface area contributed by atoms with Crippen molar-refractivity contribution in [2.45, 2.75) is 13.3 Å². The van der Waals surface area contributed by atoms with Crippen LogP contribution >= 0.6 is 0 Å². The summed E-state index contributed by atoms with van der Waals surface area (Å²) in [4.78, 5) is 0. The molecule has 1 aromatic heterocycles. The first-order chi connectivity index (χ1) is 8.63. The predicted octanol–water partition coefficient (Wildman–Crippen LogP) is 2.04. The molecule has 0 radical (unpaired) electrons. The Hall–Kier alpha value is -1.68. The van der Waals surface area contributed by atoms with Crippen LogP contribution in [0.2, 0.25) is 0 Å². The van der Waals surface area contributed by atoms with Gasteiger partial charge in [-0.2, -0.15) is 0 Å². The predicted molar refractivity (Wildman–Crippen MR) is 71.5 cm³/mol. The van der Waals surface area contributed by atoms with Crippen LogP contribution in [-0.4, -0.2) is 30.5 Å². The van der Waals surface area contributed by atoms with Crippen LogP contribution in [0.1, 0.15) is 11.3 Å². The average Bonchev–Trinajstić information content (AvgIpc) is 2.62. The Bertz CT molecular complexity index is 572. The van der Waals surface area contributed by atoms with E-state index in [2.05, 4.69) is 11.5 Å². The lowest BCUT2D eigenvalue weighted by Gasteiger charge is -2.08. The highest BCUT2D eigenvalue weighted by Crippen LogP contribution is 2.35. The van der Waals surface area contributed by atoms with Crippen LogP contribution in [0.4, 0.5) is 0 Å². The second kappa shape index (κ2) is 4.90. The number of nitrogens with zero attached hydrogens (tertiary/aromatic N) is 1. The molecule has 0 aliphatic rings. The summed E-state index contributed by atoms with van der Waals surface area (Å²) in [6.07, 6.45) is 0.651. The minimum absolute atomic E-state index is 0.147. The van der Waals surface area contributed by atoms with Gasteiger partial charge in [-0.05, 0) is 25.0 Å². The van der Waals surface area contributed by atoms with Gasteiger partial charge in [0, 0.05) is 30.8 Å². The van der Waals surface area contributed by atoms with Crippen molar-refractivity contribution in [2.24, 2.45) is 7.05 Å². The van der Waals surface area contributed by atoms with E-state index in [4.69, 9.17) is 9.47 Å². The molecule has 0 saturated heterocycles. The Labute approximate surface area is 107 Å². The number of ether oxygens (including phenoxy) is 2. The SMILES string of the molecule is COc1cc2c(CCO)c(C)n(C)c2cc1OC. The van der Waals surface area contributed by atoms with Gasteiger partial charge in [0.25, 0.3) is 0 Å². The number of aliphatic hydroxyl groups is 1. The number of fused-ring (bicyclic) bond motifs is 1. The summed E-state index contributed by atoms with van der Waals surface area (Å²) < 4.78 is 12.8. The van der Waals surface area contributed by atoms with Crippen molar-refractivity contribution in [1.82, 2.24) is 4.57 Å². The van der Waals surface area contributed by atoms with Gasteiger partial charge < -0.3 is 19.1 Å². The number of hydrogen-bond acceptors (Lipinski definition) is 3. The van der Waals surface area contributed by atoms with E-state index >= 15 is 0 Å². The number of rotatable bonds is 4. The fourth-order valence-corrected chi connectivity index (χ4v) is 2.39. The monoisotopic (exact) mass is 249 g/mol. The number of aromatic nitrogens is 1. The van der Waals surface area contributed by atoms with E-state index in [0.29, 0.717) is 6.42 Å². The second-order valence-electron chi connectivity index (χ2n) is 4.32. The van der Waals surface area contributed by atoms with Crippen molar-refractivity contribution >= 4 is 10.9 Å². The standard InChI is InChI=1S/C14H19NO3/c1-9-10(5-6-16)11-7-13(17-3)14(18-4)8-12(11)15(9)2/h7-8,16H,5-6H2,1-4H3. The van der Waals surface area contributed by atoms with Gasteiger partial charge >= 0.3 is 0 Å². The molecule has 0 unspecified atom stereocenters. The van der Waals surface area contributed by atoms with E-state index in [-0.39, 0.29) is 6.61 Å². The molecular formula is C14H19NO3. The topological polar surface area (TPSA) is 43.6 Å². The molecule has 98 valence electrons. The van der Waals surface area contributed by atoms with E-state index in [9.17, 15) is 5.11 Å². The molecule has 1 heterocycles. The lowest BCUT2D eigenvalue weighted by atomic mass is 10.1. The number of aryl methyl sites for hydroxylation is 1. The maximum atomic E-state index is 9.17. The Kier molecular flexibility index (Phi) is 3.48. The molecule has 2 aromatic rings. The minimum Gasteiger partial charge on any atom is -0.493 e. The Morgan fingerprint density at radius 1 is 1.17 bits per heavy atom. The number of hydrogen-bond donors (Lipinski definition) is 1. The first-order valence-electron chi connectivity index (χ1n) is 5.94. The van der Waals surface area contributed by atoms with Crippen molar-refractivity contribution < 1.29 is 14.6 Å². The third kappa shape index (κ3) is 1.82. The molecule has 0 amide bonds. The summed E-state index contributed by atoms with van der Waals surface area (Å²) in [5, 5.41) is 10.3. The lowest BCUT2D eigenvalue weighted by Crippen LogP contribution is -1.95. The number of benzene rings is 1. The smallest absolute Gasteiger partial charge is 0.162 e. The molecule has 4 nitrogen and oxygen atoms in total. The highest BCUT2D eigenvalue weighted by molar-refractivity contribution is 5.88. The molecule has 18 heavy (non-hydrogen) atoms. The number of aliphatic hydroxyl groups excluding tert-OH is 1. The number of methoxy groups -OCH3 is 2. The van der Waals surface area contributed by atoms with E-state index in [1.807, 2.05) is 19.2 Å². The van der Waals surface area contributed by atoms with Gasteiger partial charge in [-0.25, -0.2) is 0 Å². The maximum absolute atomic E-state index is 9.17. The van der Waals surface area contributed by atoms with Crippen molar-refractivity contribution in [3.05, 3.63) is 23.4 Å². The minimum atomic E-state index is 0.147. The van der Waals surface area contributed by atoms with Gasteiger partial charge in [-0.1, -0.05) is 0 Å². The molecule has 0 atom stereocenters. The summed E-state index contributed by atoms with van der Waals surface area (Å²) in [5.74, 6) is 1.44. The van der Waals surface area contributed by atoms with Gasteiger partial charge in [0.2, 0.25) is 0 Å². The molecule has 0 bridgehead atoms. The van der Waals surface area contributed by atoms with Gasteiger partial charge in [-0.3, -0.25) is 0 Å². The molecule has 4 heteroatoms. The van der Waals surface area contributed by atoms with Crippen molar-refractivity contribution in [2.75, 3.05) is 20.8 Å². The highest BCUT2D eigenvalue weighted by Gasteiger charge is 2.15. The molecule has 0 aliphatic heterocycles. The third-order valence-corrected chi connectivity index (χ3v) is 3.49. The summed E-state index contributed by atoms with van der Waals surface area (Å²) in [6, 6.07) is 3.95. The first kappa shape index (κ1) is 12.8. The highest BCUT2D eigenvalue weighted by atomic mass is 16.5. The molecule has 0 spiro atoms. The zero-order valence-electron chi connectivity index (χ0n) is 11.3. The van der Waals surface area contributed by atoms with E-state index < -0.39 is 0 Å². The summed E-state index contributed by atoms with van der Waals surface area (Å²) >= 11 is 0. The molecule has 0 saturated carbocycles. The summed E-state index contributed by atoms with van der Waals surface area (Å²) in [6.45, 7) is 2.21. The summed E-state index contributed by atoms with van der Waals surface area (Å²) in [7, 11) is 5.28. The maximum Gasteiger partial charge on any atom is 0.162 e. The molecule has 1 N–H and O–H groups in total. The quantitative estimate of drug-likeness (QED) is 0.901. The van der Waals surface area contributed by atoms with Crippen molar-refractivity contribution in [3.63, 3.8) is 0 Å². The summed E-state index contributed by atoms with van der Waals surface area (Å²) in [5.41, 5.74) is 3.42. The van der Waals surface area contributed by atoms with E-state index in [0.717, 1.165) is 33.7 Å². The zero-order chi connectivity index (χ0) is 13.3. The van der Waals surface area contributed by atoms with Crippen LogP contribution in [0, 0.1) is 6.92 Å². The normalized spacial score (nSPS) is 10.9. The first-order valence-corrected chi connectivity index (χ1v) is 5.94. The largest absolute Gasteiger partial charge is 0.493 e. The average molecular weight is 249 g/mol. The van der Waals surface area contributed by atoms with Gasteiger partial charge in [0.1, 0.15) is 0 Å². The Balaban J connectivity index is 2.75. The Morgan fingerprint density at radius 3 is 2.33 bits per heavy atom. The van der Waals surface area contributed by atoms with Gasteiger partial charge in [0.15, 0.2) is 11.5 Å². The van der Waals surface area contributed by atoms with Crippen molar-refractivity contribution in [1.29, 1.82) is 0 Å². The van der Waals surface area contributed by atoms with Gasteiger partial charge in [-0.15, -0.1) is 0 Å². The van der Waals surface area contributed by atoms with Crippen LogP contribution in [0.25, 0.3) is 10.9 Å². The molecule has 2 rings (SSSR count). The fraction of sp³-hybridized carbons (Fsp3) is 0.429. The van der Waals surface area contributed by atoms with Crippen LogP contribution in [0.5, 0.6) is 11.5 Å². The molecule has 1 aromatic carbocycles. The third-order valence-electron chi connectivity index (χ3n) is 3.49. The van der Waals surface area contributed by atoms with Gasteiger partial charge in [0.05, 0.1) is 19.7 Å². The lowest BCUT2D eigenvalue weighted by molar-refractivity contribution is 0.299. The molecule has 0 fully saturated rings.